The van der Waals surface area contributed by atoms with Gasteiger partial charge in [0.1, 0.15) is 5.01 Å². The van der Waals surface area contributed by atoms with Crippen LogP contribution in [0.1, 0.15) is 21.7 Å². The first-order valence-corrected chi connectivity index (χ1v) is 6.92. The summed E-state index contributed by atoms with van der Waals surface area (Å²) in [6.45, 7) is 3.98. The van der Waals surface area contributed by atoms with Gasteiger partial charge in [-0.25, -0.2) is 0 Å². The topological polar surface area (TPSA) is 49.6 Å². The van der Waals surface area contributed by atoms with Gasteiger partial charge in [0.15, 0.2) is 4.34 Å². The molecule has 1 heterocycles. The van der Waals surface area contributed by atoms with Crippen molar-refractivity contribution in [1.82, 2.24) is 10.2 Å². The Kier molecular flexibility index (Phi) is 3.77. The molecule has 0 fully saturated rings. The molecule has 0 aliphatic heterocycles. The number of hydrogen-bond donors (Lipinski definition) is 0. The zero-order chi connectivity index (χ0) is 12.3. The van der Waals surface area contributed by atoms with Crippen molar-refractivity contribution in [3.63, 3.8) is 0 Å². The van der Waals surface area contributed by atoms with Crippen molar-refractivity contribution < 1.29 is 0 Å². The molecule has 0 atom stereocenters. The minimum absolute atomic E-state index is 0.711. The summed E-state index contributed by atoms with van der Waals surface area (Å²) < 4.78 is 0.992. The lowest BCUT2D eigenvalue weighted by Crippen LogP contribution is -1.87. The first-order valence-electron chi connectivity index (χ1n) is 5.11. The van der Waals surface area contributed by atoms with Crippen LogP contribution < -0.4 is 0 Å². The molecule has 1 aromatic carbocycles. The number of thioether (sulfide) groups is 1. The monoisotopic (exact) mass is 261 g/mol. The largest absolute Gasteiger partial charge is 0.192 e. The highest BCUT2D eigenvalue weighted by Crippen LogP contribution is 2.26. The lowest BCUT2D eigenvalue weighted by atomic mass is 10.1. The molecular formula is C12H11N3S2. The van der Waals surface area contributed by atoms with Gasteiger partial charge < -0.3 is 0 Å². The first-order chi connectivity index (χ1) is 8.19. The third-order valence-electron chi connectivity index (χ3n) is 2.33. The Morgan fingerprint density at radius 2 is 2.18 bits per heavy atom. The maximum atomic E-state index is 8.79. The van der Waals surface area contributed by atoms with Gasteiger partial charge in [0, 0.05) is 5.75 Å². The summed E-state index contributed by atoms with van der Waals surface area (Å²) in [5, 5.41) is 17.8. The Morgan fingerprint density at radius 1 is 1.35 bits per heavy atom. The summed E-state index contributed by atoms with van der Waals surface area (Å²) in [7, 11) is 0. The summed E-state index contributed by atoms with van der Waals surface area (Å²) in [6, 6.07) is 7.93. The minimum atomic E-state index is 0.711. The number of benzene rings is 1. The Balaban J connectivity index is 2.07. The fourth-order valence-electron chi connectivity index (χ4n) is 1.40. The Labute approximate surface area is 109 Å². The molecule has 0 amide bonds. The van der Waals surface area contributed by atoms with Crippen LogP contribution >= 0.6 is 23.1 Å². The molecule has 2 rings (SSSR count). The molecule has 0 N–H and O–H groups in total. The molecule has 3 nitrogen and oxygen atoms in total. The number of aromatic nitrogens is 2. The molecule has 0 spiro atoms. The van der Waals surface area contributed by atoms with Crippen LogP contribution in [-0.4, -0.2) is 10.2 Å². The lowest BCUT2D eigenvalue weighted by molar-refractivity contribution is 0.983. The van der Waals surface area contributed by atoms with Gasteiger partial charge in [-0.2, -0.15) is 5.26 Å². The van der Waals surface area contributed by atoms with Crippen molar-refractivity contribution >= 4 is 23.1 Å². The van der Waals surface area contributed by atoms with Crippen LogP contribution in [0.5, 0.6) is 0 Å². The Hall–Kier alpha value is -1.38. The molecule has 0 radical (unpaired) electrons. The molecule has 0 saturated heterocycles. The fraction of sp³-hybridized carbons (Fsp3) is 0.250. The number of rotatable bonds is 3. The predicted octanol–water partition coefficient (Wildman–Crippen LogP) is 3.32. The number of aryl methyl sites for hydroxylation is 2. The van der Waals surface area contributed by atoms with Crippen LogP contribution in [0.25, 0.3) is 0 Å². The van der Waals surface area contributed by atoms with E-state index in [0.29, 0.717) is 5.56 Å². The van der Waals surface area contributed by atoms with Gasteiger partial charge in [0.05, 0.1) is 11.6 Å². The number of nitrogens with zero attached hydrogens (tertiary/aromatic N) is 3. The minimum Gasteiger partial charge on any atom is -0.192 e. The van der Waals surface area contributed by atoms with Gasteiger partial charge in [-0.1, -0.05) is 29.2 Å². The molecular weight excluding hydrogens is 250 g/mol. The van der Waals surface area contributed by atoms with E-state index in [-0.39, 0.29) is 0 Å². The van der Waals surface area contributed by atoms with Crippen LogP contribution in [0, 0.1) is 25.2 Å². The maximum absolute atomic E-state index is 8.79. The summed E-state index contributed by atoms with van der Waals surface area (Å²) in [5.74, 6) is 0.867. The quantitative estimate of drug-likeness (QED) is 0.795. The third kappa shape index (κ3) is 3.05. The van der Waals surface area contributed by atoms with Crippen molar-refractivity contribution in [1.29, 1.82) is 5.26 Å². The second kappa shape index (κ2) is 5.30. The van der Waals surface area contributed by atoms with Crippen LogP contribution in [0.15, 0.2) is 22.5 Å². The van der Waals surface area contributed by atoms with E-state index < -0.39 is 0 Å². The molecule has 0 saturated carbocycles. The van der Waals surface area contributed by atoms with E-state index in [1.165, 1.54) is 5.56 Å². The van der Waals surface area contributed by atoms with Crippen LogP contribution in [0.2, 0.25) is 0 Å². The van der Waals surface area contributed by atoms with Gasteiger partial charge in [0.2, 0.25) is 0 Å². The molecule has 2 aromatic rings. The molecule has 0 aliphatic carbocycles. The van der Waals surface area contributed by atoms with Gasteiger partial charge in [0.25, 0.3) is 0 Å². The highest BCUT2D eigenvalue weighted by atomic mass is 32.2. The van der Waals surface area contributed by atoms with Crippen molar-refractivity contribution in [3.05, 3.63) is 39.9 Å². The van der Waals surface area contributed by atoms with E-state index in [9.17, 15) is 0 Å². The molecule has 17 heavy (non-hydrogen) atoms. The van der Waals surface area contributed by atoms with E-state index in [0.717, 1.165) is 20.7 Å². The number of nitriles is 1. The summed E-state index contributed by atoms with van der Waals surface area (Å²) in [5.41, 5.74) is 3.10. The zero-order valence-electron chi connectivity index (χ0n) is 9.60. The van der Waals surface area contributed by atoms with Crippen molar-refractivity contribution in [2.75, 3.05) is 0 Å². The predicted molar refractivity (Wildman–Crippen MR) is 70.1 cm³/mol. The van der Waals surface area contributed by atoms with Crippen LogP contribution in [0.4, 0.5) is 0 Å². The van der Waals surface area contributed by atoms with E-state index in [4.69, 9.17) is 5.26 Å². The molecule has 0 unspecified atom stereocenters. The van der Waals surface area contributed by atoms with E-state index in [1.54, 1.807) is 23.1 Å². The van der Waals surface area contributed by atoms with Gasteiger partial charge in [-0.05, 0) is 37.1 Å². The molecule has 0 aliphatic rings. The van der Waals surface area contributed by atoms with Gasteiger partial charge in [-0.3, -0.25) is 0 Å². The zero-order valence-corrected chi connectivity index (χ0v) is 11.2. The Bertz CT molecular complexity index is 569. The molecule has 0 bridgehead atoms. The summed E-state index contributed by atoms with van der Waals surface area (Å²) in [4.78, 5) is 0. The summed E-state index contributed by atoms with van der Waals surface area (Å²) in [6.07, 6.45) is 0. The van der Waals surface area contributed by atoms with Gasteiger partial charge >= 0.3 is 0 Å². The number of hydrogen-bond acceptors (Lipinski definition) is 5. The van der Waals surface area contributed by atoms with Crippen molar-refractivity contribution in [3.8, 4) is 6.07 Å². The average Bonchev–Trinajstić information content (AvgIpc) is 2.73. The van der Waals surface area contributed by atoms with E-state index >= 15 is 0 Å². The second-order valence-electron chi connectivity index (χ2n) is 3.63. The van der Waals surface area contributed by atoms with Crippen molar-refractivity contribution in [2.45, 2.75) is 23.9 Å². The first kappa shape index (κ1) is 12.1. The second-order valence-corrected chi connectivity index (χ2v) is 6.03. The highest BCUT2D eigenvalue weighted by molar-refractivity contribution is 8.00. The van der Waals surface area contributed by atoms with Crippen molar-refractivity contribution in [2.24, 2.45) is 0 Å². The highest BCUT2D eigenvalue weighted by Gasteiger charge is 2.04. The smallest absolute Gasteiger partial charge is 0.174 e. The standard InChI is InChI=1S/C12H11N3S2/c1-8-5-10(6-13)3-4-11(8)7-16-12-15-14-9(2)17-12/h3-5H,7H2,1-2H3. The fourth-order valence-corrected chi connectivity index (χ4v) is 3.30. The lowest BCUT2D eigenvalue weighted by Gasteiger charge is -2.03. The molecule has 5 heteroatoms. The normalized spacial score (nSPS) is 10.2. The van der Waals surface area contributed by atoms with Gasteiger partial charge in [-0.15, -0.1) is 10.2 Å². The SMILES string of the molecule is Cc1nnc(SCc2ccc(C#N)cc2C)s1. The maximum Gasteiger partial charge on any atom is 0.174 e. The van der Waals surface area contributed by atoms with E-state index in [1.807, 2.05) is 32.0 Å². The third-order valence-corrected chi connectivity index (χ3v) is 4.35. The average molecular weight is 261 g/mol. The van der Waals surface area contributed by atoms with Crippen LogP contribution in [0.3, 0.4) is 0 Å². The summed E-state index contributed by atoms with van der Waals surface area (Å²) >= 11 is 3.29. The molecule has 1 aromatic heterocycles. The molecule has 86 valence electrons. The van der Waals surface area contributed by atoms with E-state index in [2.05, 4.69) is 16.3 Å². The van der Waals surface area contributed by atoms with Crippen LogP contribution in [-0.2, 0) is 5.75 Å². The Morgan fingerprint density at radius 3 is 2.76 bits per heavy atom.